The molecule has 1 unspecified atom stereocenters. The van der Waals surface area contributed by atoms with E-state index < -0.39 is 48.5 Å². The van der Waals surface area contributed by atoms with Crippen LogP contribution in [0.3, 0.4) is 0 Å². The van der Waals surface area contributed by atoms with Gasteiger partial charge in [0.15, 0.2) is 7.85 Å². The summed E-state index contributed by atoms with van der Waals surface area (Å²) in [7, 11) is -0.394. The maximum atomic E-state index is 16.0. The molecule has 15 heteroatoms. The van der Waals surface area contributed by atoms with Gasteiger partial charge in [-0.25, -0.2) is 13.8 Å². The van der Waals surface area contributed by atoms with Crippen molar-refractivity contribution < 1.29 is 32.4 Å². The molecule has 1 aromatic heterocycles. The summed E-state index contributed by atoms with van der Waals surface area (Å²) in [4.78, 5) is 25.6. The van der Waals surface area contributed by atoms with Gasteiger partial charge in [0.2, 0.25) is 5.85 Å². The largest absolute Gasteiger partial charge is 0.529 e. The normalized spacial score (nSPS) is 32.9. The van der Waals surface area contributed by atoms with E-state index in [-0.39, 0.29) is 12.4 Å². The average molecular weight is 450 g/mol. The molecule has 31 heavy (non-hydrogen) atoms. The van der Waals surface area contributed by atoms with Crippen LogP contribution < -0.4 is 15.8 Å². The summed E-state index contributed by atoms with van der Waals surface area (Å²) < 4.78 is 51.7. The zero-order valence-corrected chi connectivity index (χ0v) is 17.9. The number of phosphoric acid groups is 1. The number of benzene rings is 1. The van der Waals surface area contributed by atoms with E-state index in [1.807, 2.05) is 4.98 Å². The Kier molecular flexibility index (Phi) is 5.14. The fraction of sp³-hybridized carbons (Fsp3) is 0.375. The Hall–Kier alpha value is -2.11. The molecule has 0 saturated carbocycles. The number of aromatic nitrogens is 2. The van der Waals surface area contributed by atoms with Crippen LogP contribution in [0.1, 0.15) is 12.0 Å². The van der Waals surface area contributed by atoms with Gasteiger partial charge in [0.05, 0.1) is 18.1 Å². The molecule has 3 heterocycles. The van der Waals surface area contributed by atoms with E-state index in [4.69, 9.17) is 18.3 Å². The molecule has 0 bridgehead atoms. The number of phosphoric ester groups is 1. The van der Waals surface area contributed by atoms with Gasteiger partial charge in [0.25, 0.3) is 5.56 Å². The Morgan fingerprint density at radius 3 is 2.74 bits per heavy atom. The molecule has 2 N–H and O–H groups in total. The van der Waals surface area contributed by atoms with Gasteiger partial charge >= 0.3 is 13.5 Å². The highest BCUT2D eigenvalue weighted by molar-refractivity contribution is 7.49. The highest BCUT2D eigenvalue weighted by Crippen LogP contribution is 2.59. The highest BCUT2D eigenvalue weighted by Gasteiger charge is 2.63. The maximum absolute atomic E-state index is 16.0. The lowest BCUT2D eigenvalue weighted by molar-refractivity contribution is -0.219. The predicted octanol–water partition coefficient (Wildman–Crippen LogP) is -2.12. The second-order valence-electron chi connectivity index (χ2n) is 8.11. The zero-order chi connectivity index (χ0) is 22.7. The maximum Gasteiger partial charge on any atom is 0.529 e. The third kappa shape index (κ3) is 3.72. The standard InChI is InChI=1S/C16H19B3FN2O8P/c17-15(22-6-5-12(24)21-13(22)25)11(23)7-14(20,29-15)16(18,19)30-31(26)27-8-9-3-1-2-4-10(9)28-31/h1-6,11,23H,7-8,17-19H2,(H,21,24,25)/t11-,14+,15+,31?/m1/s1. The fourth-order valence-electron chi connectivity index (χ4n) is 3.62. The first-order valence-corrected chi connectivity index (χ1v) is 11.0. The molecule has 0 radical (unpaired) electrons. The fourth-order valence-corrected chi connectivity index (χ4v) is 5.17. The molecule has 1 aromatic carbocycles. The van der Waals surface area contributed by atoms with Crippen LogP contribution in [0.2, 0.25) is 0 Å². The lowest BCUT2D eigenvalue weighted by atomic mass is 9.60. The number of nitrogens with zero attached hydrogens (tertiary/aromatic N) is 1. The van der Waals surface area contributed by atoms with Crippen LogP contribution in [0, 0.1) is 0 Å². The van der Waals surface area contributed by atoms with Crippen LogP contribution in [0.4, 0.5) is 4.39 Å². The number of rotatable bonds is 4. The first-order chi connectivity index (χ1) is 14.4. The first-order valence-electron chi connectivity index (χ1n) is 9.50. The summed E-state index contributed by atoms with van der Waals surface area (Å²) in [6, 6.07) is 7.80. The Balaban J connectivity index is 1.62. The molecule has 4 rings (SSSR count). The van der Waals surface area contributed by atoms with Crippen molar-refractivity contribution in [2.45, 2.75) is 36.0 Å². The molecule has 0 spiro atoms. The van der Waals surface area contributed by atoms with Gasteiger partial charge in [-0.2, -0.15) is 0 Å². The molecule has 0 aliphatic carbocycles. The topological polar surface area (TPSA) is 129 Å². The molecule has 1 saturated heterocycles. The molecule has 0 amide bonds. The van der Waals surface area contributed by atoms with E-state index in [1.54, 1.807) is 24.3 Å². The number of H-pyrrole nitrogens is 1. The average Bonchev–Trinajstić information content (AvgIpc) is 2.91. The summed E-state index contributed by atoms with van der Waals surface area (Å²) in [5.41, 5.74) is -2.76. The minimum Gasteiger partial charge on any atom is -0.404 e. The number of fused-ring (bicyclic) bond motifs is 1. The third-order valence-electron chi connectivity index (χ3n) is 5.54. The minimum absolute atomic E-state index is 0.0587. The van der Waals surface area contributed by atoms with Crippen LogP contribution >= 0.6 is 7.82 Å². The SMILES string of the molecule is BC(B)(OP1(=O)OCc2ccccc2O1)[C@]1(F)C[C@@H](O)[C@](B)(n2ccc(=O)[nH]c2=O)O1. The smallest absolute Gasteiger partial charge is 0.404 e. The predicted molar refractivity (Wildman–Crippen MR) is 114 cm³/mol. The van der Waals surface area contributed by atoms with Crippen molar-refractivity contribution in [1.29, 1.82) is 0 Å². The number of para-hydroxylation sites is 1. The molecule has 4 atom stereocenters. The zero-order valence-electron chi connectivity index (χ0n) is 17.0. The lowest BCUT2D eigenvalue weighted by Gasteiger charge is -2.40. The highest BCUT2D eigenvalue weighted by atomic mass is 31.2. The number of hydrogen-bond acceptors (Lipinski definition) is 8. The number of ether oxygens (including phenoxy) is 1. The van der Waals surface area contributed by atoms with Crippen molar-refractivity contribution in [3.05, 3.63) is 62.9 Å². The Labute approximate surface area is 178 Å². The van der Waals surface area contributed by atoms with E-state index in [1.165, 1.54) is 23.5 Å². The van der Waals surface area contributed by atoms with Gasteiger partial charge in [0, 0.05) is 24.2 Å². The van der Waals surface area contributed by atoms with Crippen molar-refractivity contribution in [3.8, 4) is 5.75 Å². The van der Waals surface area contributed by atoms with Gasteiger partial charge < -0.3 is 14.4 Å². The summed E-state index contributed by atoms with van der Waals surface area (Å²) in [5.74, 6) is -2.41. The number of hydrogen-bond donors (Lipinski definition) is 2. The van der Waals surface area contributed by atoms with Gasteiger partial charge in [-0.15, -0.1) is 0 Å². The van der Waals surface area contributed by atoms with Crippen LogP contribution in [0.25, 0.3) is 0 Å². The summed E-state index contributed by atoms with van der Waals surface area (Å²) in [5, 5.41) is 8.66. The van der Waals surface area contributed by atoms with E-state index in [2.05, 4.69) is 0 Å². The molecule has 1 fully saturated rings. The Morgan fingerprint density at radius 1 is 1.32 bits per heavy atom. The van der Waals surface area contributed by atoms with E-state index in [9.17, 15) is 19.3 Å². The first kappa shape index (κ1) is 22.1. The summed E-state index contributed by atoms with van der Waals surface area (Å²) in [6.45, 7) is -0.0587. The Morgan fingerprint density at radius 2 is 2.03 bits per heavy atom. The molecule has 2 aliphatic heterocycles. The number of aliphatic hydroxyl groups excluding tert-OH is 1. The third-order valence-corrected chi connectivity index (χ3v) is 7.09. The lowest BCUT2D eigenvalue weighted by Crippen LogP contribution is -2.56. The molecule has 2 aromatic rings. The van der Waals surface area contributed by atoms with Crippen LogP contribution in [-0.4, -0.2) is 55.6 Å². The van der Waals surface area contributed by atoms with Crippen molar-refractivity contribution in [2.24, 2.45) is 0 Å². The van der Waals surface area contributed by atoms with Crippen molar-refractivity contribution in [1.82, 2.24) is 9.55 Å². The summed E-state index contributed by atoms with van der Waals surface area (Å²) >= 11 is 0. The molecule has 10 nitrogen and oxygen atoms in total. The molecular weight excluding hydrogens is 431 g/mol. The van der Waals surface area contributed by atoms with Crippen LogP contribution in [-0.2, 0) is 30.6 Å². The second kappa shape index (κ2) is 7.21. The quantitative estimate of drug-likeness (QED) is 0.400. The van der Waals surface area contributed by atoms with Crippen molar-refractivity contribution >= 4 is 31.4 Å². The van der Waals surface area contributed by atoms with E-state index >= 15 is 4.39 Å². The van der Waals surface area contributed by atoms with Crippen molar-refractivity contribution in [3.63, 3.8) is 0 Å². The molecular formula is C16H19B3FN2O8P. The van der Waals surface area contributed by atoms with Crippen LogP contribution in [0.15, 0.2) is 46.1 Å². The van der Waals surface area contributed by atoms with E-state index in [0.29, 0.717) is 5.56 Å². The van der Waals surface area contributed by atoms with Crippen molar-refractivity contribution in [2.75, 3.05) is 0 Å². The van der Waals surface area contributed by atoms with Gasteiger partial charge in [-0.1, -0.05) is 18.2 Å². The van der Waals surface area contributed by atoms with Gasteiger partial charge in [-0.05, 0) is 6.07 Å². The number of aromatic amines is 1. The number of nitrogens with one attached hydrogen (secondary N) is 1. The van der Waals surface area contributed by atoms with Crippen LogP contribution in [0.5, 0.6) is 5.75 Å². The monoisotopic (exact) mass is 450 g/mol. The molecule has 2 aliphatic rings. The van der Waals surface area contributed by atoms with Gasteiger partial charge in [-0.3, -0.25) is 23.4 Å². The number of halogens is 1. The Bertz CT molecular complexity index is 1190. The minimum atomic E-state index is -4.23. The van der Waals surface area contributed by atoms with Gasteiger partial charge in [0.1, 0.15) is 27.1 Å². The summed E-state index contributed by atoms with van der Waals surface area (Å²) in [6.07, 6.45) is -1.02. The second-order valence-corrected chi connectivity index (χ2v) is 9.62. The molecule has 162 valence electrons. The number of aliphatic hydroxyl groups is 1. The number of alkyl halides is 1. The van der Waals surface area contributed by atoms with E-state index in [0.717, 1.165) is 16.8 Å².